The van der Waals surface area contributed by atoms with E-state index in [9.17, 15) is 4.39 Å². The minimum atomic E-state index is -0.154. The highest BCUT2D eigenvalue weighted by atomic mass is 19.1. The molecular formula is C13H19FO. The zero-order valence-electron chi connectivity index (χ0n) is 10.1. The number of ether oxygens (including phenoxy) is 1. The molecule has 0 aliphatic rings. The molecule has 0 spiro atoms. The molecule has 0 radical (unpaired) electrons. The lowest BCUT2D eigenvalue weighted by Gasteiger charge is -2.19. The zero-order valence-corrected chi connectivity index (χ0v) is 10.1. The standard InChI is InChI=1S/C13H19FO/c1-8(2)10(4)11-7-12(14)9(3)6-13(11)15-5/h6-8,10H,1-5H3. The Balaban J connectivity index is 3.21. The molecule has 0 fully saturated rings. The first-order valence-electron chi connectivity index (χ1n) is 5.31. The van der Waals surface area contributed by atoms with Crippen molar-refractivity contribution in [3.8, 4) is 5.75 Å². The Kier molecular flexibility index (Phi) is 3.72. The van der Waals surface area contributed by atoms with Crippen LogP contribution >= 0.6 is 0 Å². The fraction of sp³-hybridized carbons (Fsp3) is 0.538. The molecule has 1 rings (SSSR count). The first kappa shape index (κ1) is 12.0. The minimum Gasteiger partial charge on any atom is -0.496 e. The molecule has 1 aromatic rings. The topological polar surface area (TPSA) is 9.23 Å². The third kappa shape index (κ3) is 2.49. The second-order valence-corrected chi connectivity index (χ2v) is 4.38. The van der Waals surface area contributed by atoms with E-state index in [0.29, 0.717) is 17.4 Å². The normalized spacial score (nSPS) is 13.0. The van der Waals surface area contributed by atoms with E-state index in [4.69, 9.17) is 4.74 Å². The zero-order chi connectivity index (χ0) is 11.6. The van der Waals surface area contributed by atoms with Crippen molar-refractivity contribution in [1.82, 2.24) is 0 Å². The smallest absolute Gasteiger partial charge is 0.126 e. The van der Waals surface area contributed by atoms with Crippen LogP contribution in [0.25, 0.3) is 0 Å². The maximum Gasteiger partial charge on any atom is 0.126 e. The molecule has 0 heterocycles. The lowest BCUT2D eigenvalue weighted by Crippen LogP contribution is -2.05. The van der Waals surface area contributed by atoms with E-state index in [-0.39, 0.29) is 5.82 Å². The van der Waals surface area contributed by atoms with Gasteiger partial charge in [-0.15, -0.1) is 0 Å². The molecule has 84 valence electrons. The molecule has 1 aromatic carbocycles. The van der Waals surface area contributed by atoms with Crippen LogP contribution in [0.2, 0.25) is 0 Å². The highest BCUT2D eigenvalue weighted by Gasteiger charge is 2.16. The highest BCUT2D eigenvalue weighted by molar-refractivity contribution is 5.40. The van der Waals surface area contributed by atoms with E-state index in [1.807, 2.05) is 0 Å². The third-order valence-electron chi connectivity index (χ3n) is 3.00. The Morgan fingerprint density at radius 2 is 1.80 bits per heavy atom. The average Bonchev–Trinajstić information content (AvgIpc) is 2.20. The number of halogens is 1. The summed E-state index contributed by atoms with van der Waals surface area (Å²) >= 11 is 0. The summed E-state index contributed by atoms with van der Waals surface area (Å²) in [5.74, 6) is 1.41. The van der Waals surface area contributed by atoms with Gasteiger partial charge in [-0.05, 0) is 36.5 Å². The summed E-state index contributed by atoms with van der Waals surface area (Å²) in [7, 11) is 1.63. The van der Waals surface area contributed by atoms with E-state index < -0.39 is 0 Å². The van der Waals surface area contributed by atoms with Gasteiger partial charge in [-0.3, -0.25) is 0 Å². The number of rotatable bonds is 3. The Bertz CT molecular complexity index is 345. The fourth-order valence-electron chi connectivity index (χ4n) is 1.56. The second-order valence-electron chi connectivity index (χ2n) is 4.38. The van der Waals surface area contributed by atoms with Gasteiger partial charge in [0, 0.05) is 5.56 Å². The van der Waals surface area contributed by atoms with Crippen molar-refractivity contribution in [1.29, 1.82) is 0 Å². The monoisotopic (exact) mass is 210 g/mol. The summed E-state index contributed by atoms with van der Waals surface area (Å²) in [6, 6.07) is 3.36. The lowest BCUT2D eigenvalue weighted by atomic mass is 9.89. The average molecular weight is 210 g/mol. The number of methoxy groups -OCH3 is 1. The molecule has 1 nitrogen and oxygen atoms in total. The molecule has 0 aliphatic heterocycles. The van der Waals surface area contributed by atoms with Gasteiger partial charge in [0.1, 0.15) is 11.6 Å². The number of aryl methyl sites for hydroxylation is 1. The summed E-state index contributed by atoms with van der Waals surface area (Å²) in [6.45, 7) is 8.10. The van der Waals surface area contributed by atoms with Crippen molar-refractivity contribution in [3.63, 3.8) is 0 Å². The molecule has 2 heteroatoms. The van der Waals surface area contributed by atoms with E-state index >= 15 is 0 Å². The van der Waals surface area contributed by atoms with Gasteiger partial charge in [0.25, 0.3) is 0 Å². The summed E-state index contributed by atoms with van der Waals surface area (Å²) in [4.78, 5) is 0. The van der Waals surface area contributed by atoms with Gasteiger partial charge in [0.2, 0.25) is 0 Å². The van der Waals surface area contributed by atoms with Gasteiger partial charge in [0.15, 0.2) is 0 Å². The Morgan fingerprint density at radius 3 is 2.27 bits per heavy atom. The van der Waals surface area contributed by atoms with Gasteiger partial charge in [0.05, 0.1) is 7.11 Å². The summed E-state index contributed by atoms with van der Waals surface area (Å²) in [5.41, 5.74) is 1.59. The number of hydrogen-bond donors (Lipinski definition) is 0. The van der Waals surface area contributed by atoms with Crippen molar-refractivity contribution < 1.29 is 9.13 Å². The second kappa shape index (κ2) is 4.65. The molecule has 0 saturated carbocycles. The maximum absolute atomic E-state index is 13.5. The molecule has 0 aliphatic carbocycles. The van der Waals surface area contributed by atoms with Crippen molar-refractivity contribution in [2.45, 2.75) is 33.6 Å². The van der Waals surface area contributed by atoms with Gasteiger partial charge in [-0.25, -0.2) is 4.39 Å². The largest absolute Gasteiger partial charge is 0.496 e. The van der Waals surface area contributed by atoms with Crippen LogP contribution in [-0.4, -0.2) is 7.11 Å². The molecule has 0 saturated heterocycles. The van der Waals surface area contributed by atoms with Crippen LogP contribution < -0.4 is 4.74 Å². The Morgan fingerprint density at radius 1 is 1.20 bits per heavy atom. The van der Waals surface area contributed by atoms with Crippen LogP contribution in [0.15, 0.2) is 12.1 Å². The molecule has 15 heavy (non-hydrogen) atoms. The highest BCUT2D eigenvalue weighted by Crippen LogP contribution is 2.33. The third-order valence-corrected chi connectivity index (χ3v) is 3.00. The molecule has 0 bridgehead atoms. The summed E-state index contributed by atoms with van der Waals surface area (Å²) in [5, 5.41) is 0. The Hall–Kier alpha value is -1.05. The van der Waals surface area contributed by atoms with Crippen LogP contribution in [0.5, 0.6) is 5.75 Å². The van der Waals surface area contributed by atoms with Crippen LogP contribution in [0.3, 0.4) is 0 Å². The van der Waals surface area contributed by atoms with Gasteiger partial charge < -0.3 is 4.74 Å². The van der Waals surface area contributed by atoms with Crippen molar-refractivity contribution in [2.75, 3.05) is 7.11 Å². The number of hydrogen-bond acceptors (Lipinski definition) is 1. The Labute approximate surface area is 91.3 Å². The predicted octanol–water partition coefficient (Wildman–Crippen LogP) is 3.90. The van der Waals surface area contributed by atoms with E-state index in [1.54, 1.807) is 26.2 Å². The van der Waals surface area contributed by atoms with Gasteiger partial charge >= 0.3 is 0 Å². The first-order valence-corrected chi connectivity index (χ1v) is 5.31. The molecule has 0 aromatic heterocycles. The summed E-state index contributed by atoms with van der Waals surface area (Å²) < 4.78 is 18.7. The first-order chi connectivity index (χ1) is 6.97. The van der Waals surface area contributed by atoms with Gasteiger partial charge in [-0.1, -0.05) is 20.8 Å². The van der Waals surface area contributed by atoms with Crippen molar-refractivity contribution in [3.05, 3.63) is 29.1 Å². The summed E-state index contributed by atoms with van der Waals surface area (Å²) in [6.07, 6.45) is 0. The molecule has 1 atom stereocenters. The van der Waals surface area contributed by atoms with E-state index in [0.717, 1.165) is 11.3 Å². The fourth-order valence-corrected chi connectivity index (χ4v) is 1.56. The molecular weight excluding hydrogens is 191 g/mol. The number of benzene rings is 1. The van der Waals surface area contributed by atoms with Crippen LogP contribution in [0, 0.1) is 18.7 Å². The minimum absolute atomic E-state index is 0.154. The molecule has 0 N–H and O–H groups in total. The maximum atomic E-state index is 13.5. The van der Waals surface area contributed by atoms with Crippen LogP contribution in [0.1, 0.15) is 37.8 Å². The van der Waals surface area contributed by atoms with E-state index in [2.05, 4.69) is 20.8 Å². The molecule has 0 amide bonds. The van der Waals surface area contributed by atoms with Crippen LogP contribution in [-0.2, 0) is 0 Å². The van der Waals surface area contributed by atoms with Crippen molar-refractivity contribution in [2.24, 2.45) is 5.92 Å². The SMILES string of the molecule is COc1cc(C)c(F)cc1C(C)C(C)C. The van der Waals surface area contributed by atoms with Crippen molar-refractivity contribution >= 4 is 0 Å². The molecule has 1 unspecified atom stereocenters. The van der Waals surface area contributed by atoms with Gasteiger partial charge in [-0.2, -0.15) is 0 Å². The van der Waals surface area contributed by atoms with Crippen LogP contribution in [0.4, 0.5) is 4.39 Å². The van der Waals surface area contributed by atoms with E-state index in [1.165, 1.54) is 0 Å². The quantitative estimate of drug-likeness (QED) is 0.735. The predicted molar refractivity (Wildman–Crippen MR) is 60.9 cm³/mol. The lowest BCUT2D eigenvalue weighted by molar-refractivity contribution is 0.396.